The molecule has 0 aromatic heterocycles. The van der Waals surface area contributed by atoms with Gasteiger partial charge in [0.05, 0.1) is 33.0 Å². The number of allylic oxidation sites excluding steroid dienone is 2. The van der Waals surface area contributed by atoms with Crippen LogP contribution in [0.15, 0.2) is 54.6 Å². The number of ether oxygens (including phenoxy) is 3. The van der Waals surface area contributed by atoms with Gasteiger partial charge in [-0.15, -0.1) is 11.6 Å². The van der Waals surface area contributed by atoms with Crippen molar-refractivity contribution >= 4 is 17.6 Å². The standard InChI is InChI=1S/C30H37ClO5/c1-34-23-13-9-20(10-14-23)19-36-28-16-12-21-17-22(11-15-24(21)28)30-25(26(31)18-27(30)32)7-5-3-4-6-8-29(33)35-2/h3,5,9-11,13-15,17,25-28,30,32H,4,6-8,12,16,18-19H2,1-2H3/t25-,26+,27?,28?,30-/m0/s1. The summed E-state index contributed by atoms with van der Waals surface area (Å²) < 4.78 is 16.2. The first-order valence-corrected chi connectivity index (χ1v) is 13.3. The average Bonchev–Trinajstić information content (AvgIpc) is 3.43. The highest BCUT2D eigenvalue weighted by Gasteiger charge is 2.42. The molecular weight excluding hydrogens is 476 g/mol. The first kappa shape index (κ1) is 26.7. The lowest BCUT2D eigenvalue weighted by atomic mass is 9.84. The maximum absolute atomic E-state index is 11.3. The number of fused-ring (bicyclic) bond motifs is 1. The molecule has 5 nitrogen and oxygen atoms in total. The molecule has 0 aliphatic heterocycles. The van der Waals surface area contributed by atoms with E-state index in [4.69, 9.17) is 21.1 Å². The summed E-state index contributed by atoms with van der Waals surface area (Å²) in [5.74, 6) is 0.878. The molecule has 4 rings (SSSR count). The Morgan fingerprint density at radius 3 is 2.69 bits per heavy atom. The second-order valence-corrected chi connectivity index (χ2v) is 10.4. The number of hydrogen-bond acceptors (Lipinski definition) is 5. The minimum Gasteiger partial charge on any atom is -0.497 e. The first-order chi connectivity index (χ1) is 17.5. The van der Waals surface area contributed by atoms with Crippen LogP contribution in [-0.2, 0) is 27.3 Å². The van der Waals surface area contributed by atoms with E-state index >= 15 is 0 Å². The Kier molecular flexibility index (Phi) is 9.47. The van der Waals surface area contributed by atoms with Gasteiger partial charge in [-0.3, -0.25) is 4.79 Å². The third-order valence-electron chi connectivity index (χ3n) is 7.55. The van der Waals surface area contributed by atoms with Crippen molar-refractivity contribution < 1.29 is 24.1 Å². The quantitative estimate of drug-likeness (QED) is 0.166. The van der Waals surface area contributed by atoms with Gasteiger partial charge in [-0.2, -0.15) is 0 Å². The predicted octanol–water partition coefficient (Wildman–Crippen LogP) is 6.26. The number of unbranched alkanes of at least 4 members (excludes halogenated alkanes) is 1. The van der Waals surface area contributed by atoms with Crippen LogP contribution in [0.2, 0.25) is 0 Å². The number of hydrogen-bond donors (Lipinski definition) is 1. The molecule has 36 heavy (non-hydrogen) atoms. The van der Waals surface area contributed by atoms with Crippen molar-refractivity contribution in [2.24, 2.45) is 5.92 Å². The van der Waals surface area contributed by atoms with E-state index in [9.17, 15) is 9.90 Å². The molecule has 2 aliphatic carbocycles. The van der Waals surface area contributed by atoms with Crippen molar-refractivity contribution in [2.75, 3.05) is 14.2 Å². The van der Waals surface area contributed by atoms with E-state index in [1.807, 2.05) is 24.3 Å². The van der Waals surface area contributed by atoms with E-state index < -0.39 is 6.10 Å². The van der Waals surface area contributed by atoms with Crippen LogP contribution >= 0.6 is 11.6 Å². The van der Waals surface area contributed by atoms with Crippen LogP contribution in [0.25, 0.3) is 0 Å². The lowest BCUT2D eigenvalue weighted by Crippen LogP contribution is -2.18. The summed E-state index contributed by atoms with van der Waals surface area (Å²) in [5.41, 5.74) is 4.87. The molecule has 6 heteroatoms. The van der Waals surface area contributed by atoms with E-state index in [2.05, 4.69) is 35.1 Å². The number of aryl methyl sites for hydroxylation is 1. The Morgan fingerprint density at radius 2 is 1.94 bits per heavy atom. The molecule has 5 atom stereocenters. The number of carbonyl (C=O) groups is 1. The molecule has 0 saturated heterocycles. The van der Waals surface area contributed by atoms with Crippen molar-refractivity contribution in [3.8, 4) is 5.75 Å². The fourth-order valence-electron chi connectivity index (χ4n) is 5.56. The minimum absolute atomic E-state index is 0.0248. The highest BCUT2D eigenvalue weighted by Crippen LogP contribution is 2.46. The summed E-state index contributed by atoms with van der Waals surface area (Å²) in [4.78, 5) is 11.3. The van der Waals surface area contributed by atoms with Crippen LogP contribution in [0.3, 0.4) is 0 Å². The van der Waals surface area contributed by atoms with Gasteiger partial charge < -0.3 is 19.3 Å². The van der Waals surface area contributed by atoms with Crippen LogP contribution in [0.1, 0.15) is 72.8 Å². The van der Waals surface area contributed by atoms with Crippen LogP contribution in [-0.4, -0.2) is 36.8 Å². The van der Waals surface area contributed by atoms with Crippen LogP contribution < -0.4 is 4.74 Å². The molecule has 1 N–H and O–H groups in total. The predicted molar refractivity (Wildman–Crippen MR) is 141 cm³/mol. The van der Waals surface area contributed by atoms with E-state index in [0.717, 1.165) is 43.4 Å². The maximum atomic E-state index is 11.3. The molecule has 2 unspecified atom stereocenters. The molecule has 0 radical (unpaired) electrons. The maximum Gasteiger partial charge on any atom is 0.305 e. The molecular formula is C30H37ClO5. The van der Waals surface area contributed by atoms with Gasteiger partial charge in [-0.05, 0) is 78.8 Å². The Morgan fingerprint density at radius 1 is 1.14 bits per heavy atom. The number of benzene rings is 2. The molecule has 2 aliphatic rings. The molecule has 0 heterocycles. The Labute approximate surface area is 219 Å². The molecule has 2 aromatic rings. The minimum atomic E-state index is -0.438. The van der Waals surface area contributed by atoms with Gasteiger partial charge >= 0.3 is 5.97 Å². The topological polar surface area (TPSA) is 65.0 Å². The van der Waals surface area contributed by atoms with Crippen molar-refractivity contribution in [2.45, 2.75) is 75.1 Å². The fraction of sp³-hybridized carbons (Fsp3) is 0.500. The summed E-state index contributed by atoms with van der Waals surface area (Å²) in [5, 5.41) is 10.8. The summed E-state index contributed by atoms with van der Waals surface area (Å²) in [6, 6.07) is 14.6. The number of carbonyl (C=O) groups excluding carboxylic acids is 1. The van der Waals surface area contributed by atoms with E-state index in [1.54, 1.807) is 7.11 Å². The molecule has 0 spiro atoms. The Balaban J connectivity index is 1.36. The highest BCUT2D eigenvalue weighted by atomic mass is 35.5. The number of aliphatic hydroxyl groups is 1. The van der Waals surface area contributed by atoms with E-state index in [1.165, 1.54) is 23.8 Å². The summed E-state index contributed by atoms with van der Waals surface area (Å²) in [6.45, 7) is 0.569. The summed E-state index contributed by atoms with van der Waals surface area (Å²) >= 11 is 6.69. The van der Waals surface area contributed by atoms with Gasteiger partial charge in [0.15, 0.2) is 0 Å². The fourth-order valence-corrected chi connectivity index (χ4v) is 6.00. The average molecular weight is 513 g/mol. The second-order valence-electron chi connectivity index (χ2n) is 9.83. The third-order valence-corrected chi connectivity index (χ3v) is 8.05. The van der Waals surface area contributed by atoms with Gasteiger partial charge in [0, 0.05) is 17.7 Å². The first-order valence-electron chi connectivity index (χ1n) is 12.9. The van der Waals surface area contributed by atoms with Gasteiger partial charge in [-0.1, -0.05) is 42.5 Å². The highest BCUT2D eigenvalue weighted by molar-refractivity contribution is 6.21. The normalized spacial score (nSPS) is 25.3. The molecule has 2 aromatic carbocycles. The molecule has 1 saturated carbocycles. The Bertz CT molecular complexity index is 1030. The van der Waals surface area contributed by atoms with Crippen LogP contribution in [0.4, 0.5) is 0 Å². The van der Waals surface area contributed by atoms with Crippen LogP contribution in [0.5, 0.6) is 5.75 Å². The zero-order chi connectivity index (χ0) is 25.5. The van der Waals surface area contributed by atoms with Crippen molar-refractivity contribution in [3.05, 3.63) is 76.9 Å². The molecule has 0 amide bonds. The van der Waals surface area contributed by atoms with Crippen LogP contribution in [0, 0.1) is 5.92 Å². The second kappa shape index (κ2) is 12.8. The number of alkyl halides is 1. The van der Waals surface area contributed by atoms with Gasteiger partial charge in [0.25, 0.3) is 0 Å². The summed E-state index contributed by atoms with van der Waals surface area (Å²) in [6.07, 6.45) is 9.34. The smallest absolute Gasteiger partial charge is 0.305 e. The van der Waals surface area contributed by atoms with Crippen molar-refractivity contribution in [1.29, 1.82) is 0 Å². The SMILES string of the molecule is COC(=O)CCCC=CC[C@H]1[C@H](Cl)CC(O)[C@H]1c1ccc2c(c1)CCC2OCc1ccc(OC)cc1. The van der Waals surface area contributed by atoms with Gasteiger partial charge in [0.1, 0.15) is 5.75 Å². The van der Waals surface area contributed by atoms with Crippen molar-refractivity contribution in [1.82, 2.24) is 0 Å². The van der Waals surface area contributed by atoms with Gasteiger partial charge in [-0.25, -0.2) is 0 Å². The zero-order valence-electron chi connectivity index (χ0n) is 21.2. The lowest BCUT2D eigenvalue weighted by molar-refractivity contribution is -0.140. The molecule has 194 valence electrons. The number of esters is 1. The summed E-state index contributed by atoms with van der Waals surface area (Å²) in [7, 11) is 3.08. The third kappa shape index (κ3) is 6.50. The number of rotatable bonds is 11. The number of methoxy groups -OCH3 is 2. The Hall–Kier alpha value is -2.34. The number of aliphatic hydroxyl groups excluding tert-OH is 1. The lowest BCUT2D eigenvalue weighted by Gasteiger charge is -2.24. The van der Waals surface area contributed by atoms with Crippen molar-refractivity contribution in [3.63, 3.8) is 0 Å². The van der Waals surface area contributed by atoms with E-state index in [-0.39, 0.29) is 29.3 Å². The molecule has 0 bridgehead atoms. The monoisotopic (exact) mass is 512 g/mol. The number of halogens is 1. The van der Waals surface area contributed by atoms with Gasteiger partial charge in [0.2, 0.25) is 0 Å². The largest absolute Gasteiger partial charge is 0.497 e. The van der Waals surface area contributed by atoms with E-state index in [0.29, 0.717) is 19.4 Å². The molecule has 1 fully saturated rings. The zero-order valence-corrected chi connectivity index (χ0v) is 22.0.